The Kier molecular flexibility index (Phi) is 4.75. The van der Waals surface area contributed by atoms with E-state index in [0.717, 1.165) is 5.69 Å². The minimum Gasteiger partial charge on any atom is -0.459 e. The zero-order valence-corrected chi connectivity index (χ0v) is 15.7. The quantitative estimate of drug-likeness (QED) is 0.306. The largest absolute Gasteiger partial charge is 0.459 e. The molecule has 0 bridgehead atoms. The number of hydrogen-bond donors (Lipinski definition) is 0. The first-order valence-electron chi connectivity index (χ1n) is 8.65. The van der Waals surface area contributed by atoms with Crippen molar-refractivity contribution in [1.29, 1.82) is 0 Å². The maximum absolute atomic E-state index is 12.7. The summed E-state index contributed by atoms with van der Waals surface area (Å²) in [6.07, 6.45) is 2.06. The molecular weight excluding hydrogens is 386 g/mol. The molecule has 3 heterocycles. The molecule has 1 amide bonds. The second kappa shape index (κ2) is 7.23. The van der Waals surface area contributed by atoms with Crippen molar-refractivity contribution in [1.82, 2.24) is 19.9 Å². The SMILES string of the molecule is Cc1cnn(CC2S[C@@H]3CC(=O)N3C2C(=O)OCc2ccc([N+](=O)[O-])cc2)n1. The van der Waals surface area contributed by atoms with Gasteiger partial charge in [0, 0.05) is 12.1 Å². The van der Waals surface area contributed by atoms with Crippen LogP contribution in [0.4, 0.5) is 5.69 Å². The molecule has 4 rings (SSSR count). The predicted octanol–water partition coefficient (Wildman–Crippen LogP) is 1.28. The molecule has 3 atom stereocenters. The van der Waals surface area contributed by atoms with Gasteiger partial charge in [0.1, 0.15) is 12.6 Å². The van der Waals surface area contributed by atoms with Crippen LogP contribution in [0.2, 0.25) is 0 Å². The van der Waals surface area contributed by atoms with E-state index in [-0.39, 0.29) is 28.8 Å². The van der Waals surface area contributed by atoms with E-state index in [0.29, 0.717) is 18.5 Å². The van der Waals surface area contributed by atoms with E-state index in [1.165, 1.54) is 16.9 Å². The van der Waals surface area contributed by atoms with Crippen LogP contribution in [0.15, 0.2) is 30.5 Å². The maximum atomic E-state index is 12.7. The van der Waals surface area contributed by atoms with Gasteiger partial charge in [-0.2, -0.15) is 15.0 Å². The summed E-state index contributed by atoms with van der Waals surface area (Å²) in [6.45, 7) is 2.21. The van der Waals surface area contributed by atoms with Crippen molar-refractivity contribution in [2.45, 2.75) is 43.2 Å². The molecule has 0 N–H and O–H groups in total. The van der Waals surface area contributed by atoms with Crippen molar-refractivity contribution in [2.24, 2.45) is 0 Å². The molecule has 2 saturated heterocycles. The average molecular weight is 403 g/mol. The number of carbonyl (C=O) groups is 2. The first-order chi connectivity index (χ1) is 13.4. The summed E-state index contributed by atoms with van der Waals surface area (Å²) in [7, 11) is 0. The lowest BCUT2D eigenvalue weighted by Gasteiger charge is -2.36. The number of aromatic nitrogens is 3. The number of nitrogens with zero attached hydrogens (tertiary/aromatic N) is 5. The van der Waals surface area contributed by atoms with Crippen molar-refractivity contribution in [3.05, 3.63) is 51.8 Å². The Morgan fingerprint density at radius 3 is 2.75 bits per heavy atom. The Labute approximate surface area is 164 Å². The number of nitro groups is 1. The number of rotatable bonds is 6. The van der Waals surface area contributed by atoms with Crippen molar-refractivity contribution in [3.63, 3.8) is 0 Å². The fourth-order valence-corrected chi connectivity index (χ4v) is 4.93. The Bertz CT molecular complexity index is 930. The number of non-ortho nitro benzene ring substituents is 1. The van der Waals surface area contributed by atoms with Crippen molar-refractivity contribution >= 4 is 29.3 Å². The number of ether oxygens (including phenoxy) is 1. The Morgan fingerprint density at radius 2 is 2.14 bits per heavy atom. The summed E-state index contributed by atoms with van der Waals surface area (Å²) >= 11 is 1.56. The molecule has 0 spiro atoms. The third-order valence-corrected chi connectivity index (χ3v) is 6.16. The molecule has 11 heteroatoms. The number of β-lactam (4-membered cyclic amide) rings is 1. The van der Waals surface area contributed by atoms with Crippen LogP contribution >= 0.6 is 11.8 Å². The van der Waals surface area contributed by atoms with Crippen molar-refractivity contribution < 1.29 is 19.2 Å². The van der Waals surface area contributed by atoms with Gasteiger partial charge in [-0.15, -0.1) is 11.8 Å². The summed E-state index contributed by atoms with van der Waals surface area (Å²) in [5.74, 6) is -0.558. The molecule has 0 saturated carbocycles. The molecule has 2 fully saturated rings. The van der Waals surface area contributed by atoms with Crippen LogP contribution < -0.4 is 0 Å². The van der Waals surface area contributed by atoms with E-state index in [1.54, 1.807) is 35.0 Å². The molecular formula is C17H17N5O5S. The highest BCUT2D eigenvalue weighted by Crippen LogP contribution is 2.45. The molecule has 1 aromatic carbocycles. The molecule has 2 aliphatic heterocycles. The molecule has 2 aliphatic rings. The molecule has 1 aromatic heterocycles. The molecule has 0 aliphatic carbocycles. The predicted molar refractivity (Wildman–Crippen MR) is 98.1 cm³/mol. The van der Waals surface area contributed by atoms with Gasteiger partial charge in [0.25, 0.3) is 5.69 Å². The van der Waals surface area contributed by atoms with Crippen molar-refractivity contribution in [3.8, 4) is 0 Å². The highest BCUT2D eigenvalue weighted by atomic mass is 32.2. The van der Waals surface area contributed by atoms with Crippen LogP contribution in [0.3, 0.4) is 0 Å². The number of thioether (sulfide) groups is 1. The number of carbonyl (C=O) groups excluding carboxylic acids is 2. The smallest absolute Gasteiger partial charge is 0.330 e. The molecule has 10 nitrogen and oxygen atoms in total. The van der Waals surface area contributed by atoms with Crippen LogP contribution in [-0.2, 0) is 27.5 Å². The van der Waals surface area contributed by atoms with Gasteiger partial charge in [0.05, 0.1) is 40.4 Å². The molecule has 0 radical (unpaired) electrons. The Balaban J connectivity index is 1.43. The molecule has 146 valence electrons. The fourth-order valence-electron chi connectivity index (χ4n) is 3.30. The van der Waals surface area contributed by atoms with Gasteiger partial charge in [0.2, 0.25) is 5.91 Å². The highest BCUT2D eigenvalue weighted by Gasteiger charge is 2.55. The van der Waals surface area contributed by atoms with Gasteiger partial charge in [-0.05, 0) is 24.6 Å². The number of benzene rings is 1. The van der Waals surface area contributed by atoms with E-state index in [9.17, 15) is 19.7 Å². The fraction of sp³-hybridized carbons (Fsp3) is 0.412. The Morgan fingerprint density at radius 1 is 1.39 bits per heavy atom. The topological polar surface area (TPSA) is 120 Å². The summed E-state index contributed by atoms with van der Waals surface area (Å²) < 4.78 is 5.42. The van der Waals surface area contributed by atoms with Crippen LogP contribution in [0.5, 0.6) is 0 Å². The highest BCUT2D eigenvalue weighted by molar-refractivity contribution is 8.01. The van der Waals surface area contributed by atoms with Gasteiger partial charge in [-0.25, -0.2) is 4.79 Å². The number of amides is 1. The number of nitro benzene ring substituents is 1. The van der Waals surface area contributed by atoms with E-state index >= 15 is 0 Å². The summed E-state index contributed by atoms with van der Waals surface area (Å²) in [6, 6.07) is 5.11. The monoisotopic (exact) mass is 403 g/mol. The van der Waals surface area contributed by atoms with E-state index in [4.69, 9.17) is 4.74 Å². The zero-order chi connectivity index (χ0) is 19.8. The summed E-state index contributed by atoms with van der Waals surface area (Å²) in [4.78, 5) is 38.1. The third-order valence-electron chi connectivity index (χ3n) is 4.70. The average Bonchev–Trinajstić information content (AvgIpc) is 3.20. The third kappa shape index (κ3) is 3.44. The molecule has 2 unspecified atom stereocenters. The number of fused-ring (bicyclic) bond motifs is 1. The van der Waals surface area contributed by atoms with Gasteiger partial charge < -0.3 is 9.64 Å². The minimum absolute atomic E-state index is 0.0173. The van der Waals surface area contributed by atoms with Crippen molar-refractivity contribution in [2.75, 3.05) is 0 Å². The van der Waals surface area contributed by atoms with E-state index in [1.807, 2.05) is 6.92 Å². The van der Waals surface area contributed by atoms with Gasteiger partial charge in [-0.1, -0.05) is 0 Å². The molecule has 2 aromatic rings. The summed E-state index contributed by atoms with van der Waals surface area (Å²) in [5, 5.41) is 18.9. The first kappa shape index (κ1) is 18.4. The van der Waals surface area contributed by atoms with E-state index < -0.39 is 16.9 Å². The Hall–Kier alpha value is -2.95. The van der Waals surface area contributed by atoms with Crippen LogP contribution in [0.1, 0.15) is 17.7 Å². The summed E-state index contributed by atoms with van der Waals surface area (Å²) in [5.41, 5.74) is 1.38. The van der Waals surface area contributed by atoms with Crippen LogP contribution in [0, 0.1) is 17.0 Å². The first-order valence-corrected chi connectivity index (χ1v) is 9.60. The lowest BCUT2D eigenvalue weighted by atomic mass is 10.1. The number of aryl methyl sites for hydroxylation is 1. The normalized spacial score (nSPS) is 23.2. The molecule has 28 heavy (non-hydrogen) atoms. The van der Waals surface area contributed by atoms with Gasteiger partial charge in [0.15, 0.2) is 0 Å². The lowest BCUT2D eigenvalue weighted by Crippen LogP contribution is -2.56. The van der Waals surface area contributed by atoms with Crippen LogP contribution in [-0.4, -0.2) is 53.4 Å². The number of hydrogen-bond acceptors (Lipinski definition) is 8. The minimum atomic E-state index is -0.694. The van der Waals surface area contributed by atoms with Gasteiger partial charge >= 0.3 is 5.97 Å². The second-order valence-electron chi connectivity index (χ2n) is 6.65. The second-order valence-corrected chi connectivity index (χ2v) is 8.07. The zero-order valence-electron chi connectivity index (χ0n) is 14.9. The van der Waals surface area contributed by atoms with Gasteiger partial charge in [-0.3, -0.25) is 14.9 Å². The number of esters is 1. The van der Waals surface area contributed by atoms with E-state index in [2.05, 4.69) is 10.2 Å². The maximum Gasteiger partial charge on any atom is 0.330 e. The standard InChI is InChI=1S/C17H17N5O5S/c1-10-7-18-20(19-10)8-13-16(21-14(23)6-15(21)28-13)17(24)27-9-11-2-4-12(5-3-11)22(25)26/h2-5,7,13,15-16H,6,8-9H2,1H3/t13?,15-,16?/m1/s1. The lowest BCUT2D eigenvalue weighted by molar-refractivity contribution is -0.384. The van der Waals surface area contributed by atoms with Crippen LogP contribution in [0.25, 0.3) is 0 Å².